The summed E-state index contributed by atoms with van der Waals surface area (Å²) < 4.78 is 11.1. The molecule has 0 fully saturated rings. The second kappa shape index (κ2) is 6.27. The van der Waals surface area contributed by atoms with Crippen molar-refractivity contribution < 1.29 is 14.3 Å². The van der Waals surface area contributed by atoms with Crippen LogP contribution in [0.1, 0.15) is 0 Å². The number of imidazole rings is 1. The fourth-order valence-electron chi connectivity index (χ4n) is 2.11. The van der Waals surface area contributed by atoms with E-state index in [4.69, 9.17) is 9.47 Å². The summed E-state index contributed by atoms with van der Waals surface area (Å²) >= 11 is 0. The van der Waals surface area contributed by atoms with Crippen molar-refractivity contribution in [2.45, 2.75) is 0 Å². The third kappa shape index (κ3) is 3.18. The smallest absolute Gasteiger partial charge is 0.321 e. The van der Waals surface area contributed by atoms with Gasteiger partial charge >= 0.3 is 6.03 Å². The van der Waals surface area contributed by atoms with Crippen LogP contribution in [0.15, 0.2) is 42.5 Å². The van der Waals surface area contributed by atoms with Gasteiger partial charge in [0.2, 0.25) is 5.95 Å². The average molecular weight is 312 g/mol. The van der Waals surface area contributed by atoms with Gasteiger partial charge in [-0.05, 0) is 24.3 Å². The molecule has 23 heavy (non-hydrogen) atoms. The normalized spacial score (nSPS) is 10.3. The third-order valence-electron chi connectivity index (χ3n) is 3.21. The predicted molar refractivity (Wildman–Crippen MR) is 87.2 cm³/mol. The highest BCUT2D eigenvalue weighted by Crippen LogP contribution is 2.32. The van der Waals surface area contributed by atoms with Gasteiger partial charge < -0.3 is 19.8 Å². The molecular weight excluding hydrogens is 296 g/mol. The molecule has 3 aromatic rings. The Hall–Kier alpha value is -3.22. The molecule has 2 aromatic carbocycles. The number of nitrogens with one attached hydrogen (secondary N) is 3. The molecule has 0 aliphatic heterocycles. The molecule has 7 heteroatoms. The second-order valence-corrected chi connectivity index (χ2v) is 4.72. The van der Waals surface area contributed by atoms with E-state index in [9.17, 15) is 4.79 Å². The lowest BCUT2D eigenvalue weighted by Crippen LogP contribution is -2.24. The number of hydrogen-bond donors (Lipinski definition) is 3. The number of rotatable bonds is 4. The highest BCUT2D eigenvalue weighted by molar-refractivity contribution is 5.89. The Morgan fingerprint density at radius 1 is 1.17 bits per heavy atom. The van der Waals surface area contributed by atoms with Gasteiger partial charge in [-0.3, -0.25) is 5.32 Å². The molecule has 2 amide bonds. The van der Waals surface area contributed by atoms with Crippen LogP contribution < -0.4 is 20.1 Å². The number of H-pyrrole nitrogens is 1. The predicted octanol–water partition coefficient (Wildman–Crippen LogP) is 3.12. The topological polar surface area (TPSA) is 88.3 Å². The van der Waals surface area contributed by atoms with Crippen LogP contribution in [0, 0.1) is 0 Å². The van der Waals surface area contributed by atoms with E-state index in [1.165, 1.54) is 7.05 Å². The minimum absolute atomic E-state index is 0.338. The van der Waals surface area contributed by atoms with Crippen LogP contribution in [0.25, 0.3) is 11.0 Å². The minimum Gasteiger partial charge on any atom is -0.493 e. The number of carbonyl (C=O) groups is 1. The molecule has 0 radical (unpaired) electrons. The standard InChI is InChI=1S/C16H16N4O3/c1-17-16(21)20-15-18-11-8-7-10(9-12(11)19-15)23-14-6-4-3-5-13(14)22-2/h3-9H,1-2H3,(H3,17,18,19,20,21). The number of aromatic amines is 1. The molecule has 0 bridgehead atoms. The van der Waals surface area contributed by atoms with Crippen LogP contribution in [-0.2, 0) is 0 Å². The molecule has 0 atom stereocenters. The van der Waals surface area contributed by atoms with E-state index in [0.29, 0.717) is 23.2 Å². The lowest BCUT2D eigenvalue weighted by molar-refractivity contribution is 0.254. The Kier molecular flexibility index (Phi) is 4.01. The number of methoxy groups -OCH3 is 1. The monoisotopic (exact) mass is 312 g/mol. The van der Waals surface area contributed by atoms with Gasteiger partial charge in [-0.25, -0.2) is 9.78 Å². The largest absolute Gasteiger partial charge is 0.493 e. The van der Waals surface area contributed by atoms with Gasteiger partial charge in [0.15, 0.2) is 11.5 Å². The van der Waals surface area contributed by atoms with E-state index in [-0.39, 0.29) is 6.03 Å². The van der Waals surface area contributed by atoms with Crippen LogP contribution >= 0.6 is 0 Å². The number of hydrogen-bond acceptors (Lipinski definition) is 4. The third-order valence-corrected chi connectivity index (χ3v) is 3.21. The molecule has 0 saturated heterocycles. The quantitative estimate of drug-likeness (QED) is 0.690. The summed E-state index contributed by atoms with van der Waals surface area (Å²) in [7, 11) is 3.13. The second-order valence-electron chi connectivity index (χ2n) is 4.72. The number of anilines is 1. The molecule has 0 aliphatic carbocycles. The van der Waals surface area contributed by atoms with E-state index in [1.807, 2.05) is 36.4 Å². The fraction of sp³-hybridized carbons (Fsp3) is 0.125. The van der Waals surface area contributed by atoms with Crippen molar-refractivity contribution in [2.75, 3.05) is 19.5 Å². The van der Waals surface area contributed by atoms with E-state index in [1.54, 1.807) is 13.2 Å². The van der Waals surface area contributed by atoms with Crippen molar-refractivity contribution in [3.05, 3.63) is 42.5 Å². The first-order valence-corrected chi connectivity index (χ1v) is 6.99. The summed E-state index contributed by atoms with van der Waals surface area (Å²) in [6.45, 7) is 0. The molecular formula is C16H16N4O3. The number of fused-ring (bicyclic) bond motifs is 1. The molecule has 0 unspecified atom stereocenters. The number of carbonyl (C=O) groups excluding carboxylic acids is 1. The van der Waals surface area contributed by atoms with Gasteiger partial charge in [0.1, 0.15) is 5.75 Å². The highest BCUT2D eigenvalue weighted by Gasteiger charge is 2.08. The van der Waals surface area contributed by atoms with Crippen molar-refractivity contribution in [3.63, 3.8) is 0 Å². The van der Waals surface area contributed by atoms with Crippen molar-refractivity contribution in [1.82, 2.24) is 15.3 Å². The van der Waals surface area contributed by atoms with Gasteiger partial charge in [-0.15, -0.1) is 0 Å². The Labute approximate surface area is 132 Å². The zero-order chi connectivity index (χ0) is 16.2. The van der Waals surface area contributed by atoms with E-state index < -0.39 is 0 Å². The molecule has 0 spiro atoms. The number of nitrogens with zero attached hydrogens (tertiary/aromatic N) is 1. The molecule has 3 N–H and O–H groups in total. The number of ether oxygens (including phenoxy) is 2. The SMILES string of the molecule is CNC(=O)Nc1nc2ccc(Oc3ccccc3OC)cc2[nH]1. The maximum absolute atomic E-state index is 11.3. The Morgan fingerprint density at radius 2 is 1.96 bits per heavy atom. The van der Waals surface area contributed by atoms with Crippen molar-refractivity contribution >= 4 is 23.0 Å². The first-order valence-electron chi connectivity index (χ1n) is 6.99. The van der Waals surface area contributed by atoms with Gasteiger partial charge in [0.25, 0.3) is 0 Å². The van der Waals surface area contributed by atoms with Crippen molar-refractivity contribution in [3.8, 4) is 17.2 Å². The summed E-state index contributed by atoms with van der Waals surface area (Å²) in [5.74, 6) is 2.28. The summed E-state index contributed by atoms with van der Waals surface area (Å²) in [5, 5.41) is 5.06. The number of para-hydroxylation sites is 2. The lowest BCUT2D eigenvalue weighted by atomic mass is 10.3. The molecule has 3 rings (SSSR count). The van der Waals surface area contributed by atoms with E-state index in [2.05, 4.69) is 20.6 Å². The first kappa shape index (κ1) is 14.7. The van der Waals surface area contributed by atoms with E-state index >= 15 is 0 Å². The average Bonchev–Trinajstić information content (AvgIpc) is 2.96. The van der Waals surface area contributed by atoms with Gasteiger partial charge in [0.05, 0.1) is 18.1 Å². The van der Waals surface area contributed by atoms with Gasteiger partial charge in [-0.2, -0.15) is 0 Å². The van der Waals surface area contributed by atoms with Crippen LogP contribution in [0.4, 0.5) is 10.7 Å². The number of aromatic nitrogens is 2. The van der Waals surface area contributed by atoms with Crippen LogP contribution in [0.2, 0.25) is 0 Å². The summed E-state index contributed by atoms with van der Waals surface area (Å²) in [5.41, 5.74) is 1.48. The first-order chi connectivity index (χ1) is 11.2. The molecule has 118 valence electrons. The minimum atomic E-state index is -0.338. The van der Waals surface area contributed by atoms with Gasteiger partial charge in [-0.1, -0.05) is 12.1 Å². The molecule has 1 aromatic heterocycles. The molecule has 0 aliphatic rings. The number of amides is 2. The molecule has 0 saturated carbocycles. The maximum Gasteiger partial charge on any atom is 0.321 e. The number of urea groups is 1. The van der Waals surface area contributed by atoms with Crippen LogP contribution in [0.3, 0.4) is 0 Å². The lowest BCUT2D eigenvalue weighted by Gasteiger charge is -2.09. The van der Waals surface area contributed by atoms with Crippen molar-refractivity contribution in [2.24, 2.45) is 0 Å². The maximum atomic E-state index is 11.3. The van der Waals surface area contributed by atoms with Crippen LogP contribution in [0.5, 0.6) is 17.2 Å². The zero-order valence-corrected chi connectivity index (χ0v) is 12.7. The summed E-state index contributed by atoms with van der Waals surface area (Å²) in [6, 6.07) is 12.5. The Bertz CT molecular complexity index is 844. The highest BCUT2D eigenvalue weighted by atomic mass is 16.5. The van der Waals surface area contributed by atoms with Crippen LogP contribution in [-0.4, -0.2) is 30.2 Å². The summed E-state index contributed by atoms with van der Waals surface area (Å²) in [4.78, 5) is 18.6. The molecule has 1 heterocycles. The molecule has 7 nitrogen and oxygen atoms in total. The van der Waals surface area contributed by atoms with Crippen molar-refractivity contribution in [1.29, 1.82) is 0 Å². The Balaban J connectivity index is 1.86. The zero-order valence-electron chi connectivity index (χ0n) is 12.7. The van der Waals surface area contributed by atoms with E-state index in [0.717, 1.165) is 11.0 Å². The fourth-order valence-corrected chi connectivity index (χ4v) is 2.11. The van der Waals surface area contributed by atoms with Gasteiger partial charge in [0, 0.05) is 13.1 Å². The Morgan fingerprint density at radius 3 is 2.70 bits per heavy atom. The summed E-state index contributed by atoms with van der Waals surface area (Å²) in [6.07, 6.45) is 0. The number of benzene rings is 2.